The highest BCUT2D eigenvalue weighted by Crippen LogP contribution is 2.26. The van der Waals surface area contributed by atoms with Crippen LogP contribution in [-0.4, -0.2) is 30.0 Å². The topological polar surface area (TPSA) is 55.6 Å². The van der Waals surface area contributed by atoms with Crippen LogP contribution in [0.3, 0.4) is 0 Å². The van der Waals surface area contributed by atoms with Crippen molar-refractivity contribution in [2.45, 2.75) is 38.8 Å². The Hall–Kier alpha value is -1.62. The van der Waals surface area contributed by atoms with Crippen molar-refractivity contribution in [1.29, 1.82) is 0 Å². The first-order valence-corrected chi connectivity index (χ1v) is 6.99. The molecule has 2 rings (SSSR count). The molecule has 1 aliphatic heterocycles. The van der Waals surface area contributed by atoms with Gasteiger partial charge in [-0.1, -0.05) is 6.07 Å². The first-order chi connectivity index (χ1) is 9.49. The molecule has 5 heteroatoms. The summed E-state index contributed by atoms with van der Waals surface area (Å²) in [4.78, 5) is 14.0. The van der Waals surface area contributed by atoms with E-state index in [1.807, 2.05) is 0 Å². The number of ether oxygens (including phenoxy) is 1. The van der Waals surface area contributed by atoms with Crippen LogP contribution in [0.4, 0.5) is 4.39 Å². The minimum atomic E-state index is -0.632. The molecule has 1 unspecified atom stereocenters. The zero-order valence-corrected chi connectivity index (χ0v) is 11.9. The summed E-state index contributed by atoms with van der Waals surface area (Å²) in [6.07, 6.45) is 1.43. The summed E-state index contributed by atoms with van der Waals surface area (Å²) in [6, 6.07) is 3.95. The first-order valence-electron chi connectivity index (χ1n) is 6.99. The average Bonchev–Trinajstić information content (AvgIpc) is 2.91. The van der Waals surface area contributed by atoms with E-state index in [2.05, 4.69) is 0 Å². The smallest absolute Gasteiger partial charge is 0.263 e. The third kappa shape index (κ3) is 3.28. The summed E-state index contributed by atoms with van der Waals surface area (Å²) in [7, 11) is 0. The number of hydrogen-bond donors (Lipinski definition) is 1. The fourth-order valence-corrected chi connectivity index (χ4v) is 2.42. The number of benzene rings is 1. The van der Waals surface area contributed by atoms with Gasteiger partial charge in [-0.25, -0.2) is 4.39 Å². The Bertz CT molecular complexity index is 485. The zero-order chi connectivity index (χ0) is 14.7. The van der Waals surface area contributed by atoms with E-state index in [1.165, 1.54) is 12.1 Å². The Morgan fingerprint density at radius 2 is 2.00 bits per heavy atom. The van der Waals surface area contributed by atoms with E-state index >= 15 is 0 Å². The van der Waals surface area contributed by atoms with E-state index in [1.54, 1.807) is 24.8 Å². The number of carbonyl (C=O) groups excluding carboxylic acids is 1. The van der Waals surface area contributed by atoms with Gasteiger partial charge in [0.25, 0.3) is 5.91 Å². The second kappa shape index (κ2) is 6.22. The molecule has 0 radical (unpaired) electrons. The highest BCUT2D eigenvalue weighted by atomic mass is 19.1. The van der Waals surface area contributed by atoms with E-state index in [9.17, 15) is 9.18 Å². The van der Waals surface area contributed by atoms with Crippen LogP contribution in [-0.2, 0) is 4.79 Å². The third-order valence-corrected chi connectivity index (χ3v) is 3.54. The Morgan fingerprint density at radius 3 is 2.60 bits per heavy atom. The molecule has 0 bridgehead atoms. The van der Waals surface area contributed by atoms with Crippen LogP contribution in [0.5, 0.6) is 5.75 Å². The normalized spacial score (nSPS) is 17.9. The Kier molecular flexibility index (Phi) is 4.60. The number of nitrogens with two attached hydrogens (primary N) is 1. The van der Waals surface area contributed by atoms with Gasteiger partial charge in [-0.15, -0.1) is 0 Å². The maximum absolute atomic E-state index is 13.3. The van der Waals surface area contributed by atoms with Gasteiger partial charge in [0, 0.05) is 30.8 Å². The number of rotatable bonds is 4. The van der Waals surface area contributed by atoms with Crippen molar-refractivity contribution in [3.05, 3.63) is 29.6 Å². The van der Waals surface area contributed by atoms with Crippen molar-refractivity contribution in [1.82, 2.24) is 4.90 Å². The van der Waals surface area contributed by atoms with Gasteiger partial charge in [-0.05, 0) is 32.8 Å². The number of likely N-dealkylation sites (tertiary alicyclic amines) is 1. The van der Waals surface area contributed by atoms with Gasteiger partial charge in [-0.3, -0.25) is 4.79 Å². The molecule has 20 heavy (non-hydrogen) atoms. The first kappa shape index (κ1) is 14.8. The Labute approximate surface area is 118 Å². The predicted molar refractivity (Wildman–Crippen MR) is 74.9 cm³/mol. The summed E-state index contributed by atoms with van der Waals surface area (Å²) >= 11 is 0. The summed E-state index contributed by atoms with van der Waals surface area (Å²) in [5.74, 6) is -0.104. The van der Waals surface area contributed by atoms with E-state index < -0.39 is 11.9 Å². The van der Waals surface area contributed by atoms with Gasteiger partial charge in [-0.2, -0.15) is 0 Å². The molecule has 0 aromatic heterocycles. The van der Waals surface area contributed by atoms with Gasteiger partial charge in [0.15, 0.2) is 6.10 Å². The molecule has 110 valence electrons. The van der Waals surface area contributed by atoms with Crippen LogP contribution >= 0.6 is 0 Å². The second-order valence-electron chi connectivity index (χ2n) is 5.26. The molecule has 1 aromatic carbocycles. The summed E-state index contributed by atoms with van der Waals surface area (Å²) in [6.45, 7) is 5.04. The van der Waals surface area contributed by atoms with Crippen molar-refractivity contribution in [2.24, 2.45) is 5.73 Å². The summed E-state index contributed by atoms with van der Waals surface area (Å²) in [5, 5.41) is 0. The summed E-state index contributed by atoms with van der Waals surface area (Å²) < 4.78 is 19.0. The minimum absolute atomic E-state index is 0.0533. The Morgan fingerprint density at radius 1 is 1.35 bits per heavy atom. The quantitative estimate of drug-likeness (QED) is 0.920. The van der Waals surface area contributed by atoms with Gasteiger partial charge in [0.2, 0.25) is 0 Å². The number of amides is 1. The lowest BCUT2D eigenvalue weighted by Crippen LogP contribution is -2.38. The molecule has 2 N–H and O–H groups in total. The average molecular weight is 280 g/mol. The lowest BCUT2D eigenvalue weighted by Gasteiger charge is -2.23. The van der Waals surface area contributed by atoms with Crippen molar-refractivity contribution >= 4 is 5.91 Å². The van der Waals surface area contributed by atoms with Gasteiger partial charge < -0.3 is 15.4 Å². The minimum Gasteiger partial charge on any atom is -0.480 e. The van der Waals surface area contributed by atoms with E-state index in [0.29, 0.717) is 11.3 Å². The molecule has 0 aliphatic carbocycles. The molecule has 1 heterocycles. The fraction of sp³-hybridized carbons (Fsp3) is 0.533. The monoisotopic (exact) mass is 280 g/mol. The number of hydrogen-bond acceptors (Lipinski definition) is 3. The molecule has 1 aromatic rings. The number of halogens is 1. The molecule has 0 spiro atoms. The molecular weight excluding hydrogens is 259 g/mol. The molecule has 4 nitrogen and oxygen atoms in total. The van der Waals surface area contributed by atoms with Gasteiger partial charge >= 0.3 is 0 Å². The largest absolute Gasteiger partial charge is 0.480 e. The molecule has 0 saturated carbocycles. The maximum Gasteiger partial charge on any atom is 0.263 e. The van der Waals surface area contributed by atoms with Crippen molar-refractivity contribution in [3.8, 4) is 5.75 Å². The number of carbonyl (C=O) groups is 1. The maximum atomic E-state index is 13.3. The SMILES string of the molecule is CC(Oc1cc(F)ccc1[C@@H](C)N)C(=O)N1CCCC1. The molecular formula is C15H21FN2O2. The standard InChI is InChI=1S/C15H21FN2O2/c1-10(17)13-6-5-12(16)9-14(13)20-11(2)15(19)18-7-3-4-8-18/h5-6,9-11H,3-4,7-8,17H2,1-2H3/t10-,11?/m1/s1. The third-order valence-electron chi connectivity index (χ3n) is 3.54. The predicted octanol–water partition coefficient (Wildman–Crippen LogP) is 2.24. The van der Waals surface area contributed by atoms with Crippen LogP contribution in [0.25, 0.3) is 0 Å². The van der Waals surface area contributed by atoms with Crippen LogP contribution < -0.4 is 10.5 Å². The van der Waals surface area contributed by atoms with Crippen molar-refractivity contribution in [3.63, 3.8) is 0 Å². The molecule has 1 amide bonds. The second-order valence-corrected chi connectivity index (χ2v) is 5.26. The highest BCUT2D eigenvalue weighted by molar-refractivity contribution is 5.81. The molecule has 1 fully saturated rings. The van der Waals surface area contributed by atoms with E-state index in [4.69, 9.17) is 10.5 Å². The lowest BCUT2D eigenvalue weighted by atomic mass is 10.1. The van der Waals surface area contributed by atoms with E-state index in [-0.39, 0.29) is 11.9 Å². The van der Waals surface area contributed by atoms with Crippen molar-refractivity contribution < 1.29 is 13.9 Å². The zero-order valence-electron chi connectivity index (χ0n) is 11.9. The van der Waals surface area contributed by atoms with Crippen LogP contribution in [0.2, 0.25) is 0 Å². The fourth-order valence-electron chi connectivity index (χ4n) is 2.42. The molecule has 1 aliphatic rings. The van der Waals surface area contributed by atoms with Crippen LogP contribution in [0.1, 0.15) is 38.3 Å². The van der Waals surface area contributed by atoms with Gasteiger partial charge in [0.05, 0.1) is 0 Å². The van der Waals surface area contributed by atoms with Crippen LogP contribution in [0, 0.1) is 5.82 Å². The highest BCUT2D eigenvalue weighted by Gasteiger charge is 2.25. The molecule has 2 atom stereocenters. The number of nitrogens with zero attached hydrogens (tertiary/aromatic N) is 1. The van der Waals surface area contributed by atoms with Crippen LogP contribution in [0.15, 0.2) is 18.2 Å². The van der Waals surface area contributed by atoms with E-state index in [0.717, 1.165) is 25.9 Å². The summed E-state index contributed by atoms with van der Waals surface area (Å²) in [5.41, 5.74) is 6.54. The Balaban J connectivity index is 2.12. The van der Waals surface area contributed by atoms with Crippen molar-refractivity contribution in [2.75, 3.05) is 13.1 Å². The lowest BCUT2D eigenvalue weighted by molar-refractivity contribution is -0.136. The van der Waals surface area contributed by atoms with Gasteiger partial charge in [0.1, 0.15) is 11.6 Å². The molecule has 1 saturated heterocycles.